The zero-order valence-electron chi connectivity index (χ0n) is 18.6. The maximum absolute atomic E-state index is 12.5. The molecule has 6 nitrogen and oxygen atoms in total. The van der Waals surface area contributed by atoms with Crippen molar-refractivity contribution in [2.45, 2.75) is 13.5 Å². The van der Waals surface area contributed by atoms with Crippen LogP contribution in [0.5, 0.6) is 11.5 Å². The summed E-state index contributed by atoms with van der Waals surface area (Å²) in [6, 6.07) is 14.1. The van der Waals surface area contributed by atoms with E-state index in [0.717, 1.165) is 19.9 Å². The van der Waals surface area contributed by atoms with Gasteiger partial charge in [0.1, 0.15) is 12.2 Å². The van der Waals surface area contributed by atoms with Gasteiger partial charge < -0.3 is 13.9 Å². The van der Waals surface area contributed by atoms with Crippen molar-refractivity contribution in [2.24, 2.45) is 5.10 Å². The zero-order valence-corrected chi connectivity index (χ0v) is 24.9. The zero-order chi connectivity index (χ0) is 25.8. The van der Waals surface area contributed by atoms with Crippen LogP contribution in [0.25, 0.3) is 11.0 Å². The van der Waals surface area contributed by atoms with Gasteiger partial charge in [-0.3, -0.25) is 4.79 Å². The number of rotatable bonds is 8. The molecule has 0 radical (unpaired) electrons. The van der Waals surface area contributed by atoms with Crippen molar-refractivity contribution < 1.29 is 18.7 Å². The number of nitrogens with zero attached hydrogens (tertiary/aromatic N) is 1. The molecular formula is C25H17Br3Cl2N2O4. The van der Waals surface area contributed by atoms with E-state index in [1.165, 1.54) is 6.21 Å². The van der Waals surface area contributed by atoms with Gasteiger partial charge in [-0.1, -0.05) is 45.2 Å². The van der Waals surface area contributed by atoms with Crippen molar-refractivity contribution in [3.8, 4) is 11.5 Å². The number of nitrogens with one attached hydrogen (secondary N) is 1. The SMILES string of the molecule is CCOc1cc(/C=N\NC(=O)c2cc3cc(Br)cc(Br)c3o2)cc(Br)c1OCc1ccc(Cl)cc1Cl. The van der Waals surface area contributed by atoms with Gasteiger partial charge >= 0.3 is 5.91 Å². The van der Waals surface area contributed by atoms with Crippen LogP contribution < -0.4 is 14.9 Å². The molecular weight excluding hydrogens is 703 g/mol. The van der Waals surface area contributed by atoms with E-state index in [9.17, 15) is 4.79 Å². The molecule has 186 valence electrons. The largest absolute Gasteiger partial charge is 0.490 e. The first-order valence-electron chi connectivity index (χ1n) is 10.5. The molecule has 0 spiro atoms. The van der Waals surface area contributed by atoms with E-state index in [-0.39, 0.29) is 12.4 Å². The molecule has 11 heteroatoms. The van der Waals surface area contributed by atoms with Crippen molar-refractivity contribution in [2.75, 3.05) is 6.61 Å². The van der Waals surface area contributed by atoms with Gasteiger partial charge in [0.25, 0.3) is 0 Å². The topological polar surface area (TPSA) is 73.1 Å². The molecule has 4 aromatic rings. The van der Waals surface area contributed by atoms with Crippen LogP contribution in [0.4, 0.5) is 0 Å². The minimum absolute atomic E-state index is 0.141. The summed E-state index contributed by atoms with van der Waals surface area (Å²) in [7, 11) is 0. The summed E-state index contributed by atoms with van der Waals surface area (Å²) >= 11 is 22.6. The highest BCUT2D eigenvalue weighted by molar-refractivity contribution is 9.11. The highest BCUT2D eigenvalue weighted by atomic mass is 79.9. The molecule has 0 aliphatic carbocycles. The van der Waals surface area contributed by atoms with Crippen molar-refractivity contribution in [3.05, 3.63) is 88.9 Å². The van der Waals surface area contributed by atoms with Gasteiger partial charge in [-0.25, -0.2) is 5.43 Å². The average molecular weight is 720 g/mol. The van der Waals surface area contributed by atoms with E-state index >= 15 is 0 Å². The maximum Gasteiger partial charge on any atom is 0.307 e. The van der Waals surface area contributed by atoms with Crippen LogP contribution in [0.2, 0.25) is 10.0 Å². The summed E-state index contributed by atoms with van der Waals surface area (Å²) < 4.78 is 19.7. The quantitative estimate of drug-likeness (QED) is 0.146. The Balaban J connectivity index is 1.48. The van der Waals surface area contributed by atoms with E-state index < -0.39 is 5.91 Å². The summed E-state index contributed by atoms with van der Waals surface area (Å²) in [5.74, 6) is 0.691. The predicted molar refractivity (Wildman–Crippen MR) is 153 cm³/mol. The number of amides is 1. The molecule has 0 aliphatic rings. The second-order valence-electron chi connectivity index (χ2n) is 7.40. The van der Waals surface area contributed by atoms with Crippen LogP contribution in [-0.2, 0) is 6.61 Å². The number of hydrazone groups is 1. The number of hydrogen-bond acceptors (Lipinski definition) is 5. The van der Waals surface area contributed by atoms with Gasteiger partial charge in [0.05, 0.1) is 21.8 Å². The lowest BCUT2D eigenvalue weighted by molar-refractivity contribution is 0.0929. The molecule has 0 unspecified atom stereocenters. The number of benzene rings is 3. The van der Waals surface area contributed by atoms with Gasteiger partial charge in [0.2, 0.25) is 0 Å². The first-order chi connectivity index (χ1) is 17.2. The van der Waals surface area contributed by atoms with Gasteiger partial charge in [0, 0.05) is 25.5 Å². The molecule has 0 aliphatic heterocycles. The number of carbonyl (C=O) groups is 1. The summed E-state index contributed by atoms with van der Waals surface area (Å²) in [5.41, 5.74) is 4.52. The molecule has 4 rings (SSSR count). The third-order valence-electron chi connectivity index (χ3n) is 4.86. The van der Waals surface area contributed by atoms with E-state index in [0.29, 0.717) is 43.8 Å². The van der Waals surface area contributed by atoms with Gasteiger partial charge in [-0.05, 0) is 86.8 Å². The van der Waals surface area contributed by atoms with Gasteiger partial charge in [0.15, 0.2) is 17.3 Å². The molecule has 1 N–H and O–H groups in total. The summed E-state index contributed by atoms with van der Waals surface area (Å²) in [6.07, 6.45) is 1.50. The van der Waals surface area contributed by atoms with Crippen LogP contribution in [-0.4, -0.2) is 18.7 Å². The first kappa shape index (κ1) is 27.0. The third kappa shape index (κ3) is 6.44. The standard InChI is InChI=1S/C25H17Br3Cl2N2O4/c1-2-34-21-6-13(5-18(27)24(21)35-12-14-3-4-17(29)10-20(14)30)11-31-32-25(33)22-8-15-7-16(26)9-19(28)23(15)36-22/h3-11H,2,12H2,1H3,(H,32,33)/b31-11-. The summed E-state index contributed by atoms with van der Waals surface area (Å²) in [6.45, 7) is 2.53. The fraction of sp³-hybridized carbons (Fsp3) is 0.120. The minimum atomic E-state index is -0.477. The van der Waals surface area contributed by atoms with Crippen LogP contribution in [0.15, 0.2) is 71.5 Å². The number of fused-ring (bicyclic) bond motifs is 1. The van der Waals surface area contributed by atoms with Crippen molar-refractivity contribution in [1.29, 1.82) is 0 Å². The minimum Gasteiger partial charge on any atom is -0.490 e. The Kier molecular flexibility index (Phi) is 9.00. The summed E-state index contributed by atoms with van der Waals surface area (Å²) in [5, 5.41) is 5.91. The van der Waals surface area contributed by atoms with Crippen molar-refractivity contribution in [3.63, 3.8) is 0 Å². The highest BCUT2D eigenvalue weighted by Crippen LogP contribution is 2.38. The Morgan fingerprint density at radius 3 is 2.61 bits per heavy atom. The summed E-state index contributed by atoms with van der Waals surface area (Å²) in [4.78, 5) is 12.5. The maximum atomic E-state index is 12.5. The van der Waals surface area contributed by atoms with E-state index in [1.807, 2.05) is 25.1 Å². The Bertz CT molecular complexity index is 1470. The molecule has 0 atom stereocenters. The molecule has 0 saturated carbocycles. The number of carbonyl (C=O) groups excluding carboxylic acids is 1. The number of halogens is 5. The van der Waals surface area contributed by atoms with E-state index in [4.69, 9.17) is 37.1 Å². The molecule has 1 amide bonds. The number of ether oxygens (including phenoxy) is 2. The lowest BCUT2D eigenvalue weighted by Gasteiger charge is -2.15. The molecule has 1 heterocycles. The van der Waals surface area contributed by atoms with Gasteiger partial charge in [-0.15, -0.1) is 0 Å². The second kappa shape index (κ2) is 12.0. The monoisotopic (exact) mass is 716 g/mol. The van der Waals surface area contributed by atoms with Gasteiger partial charge in [-0.2, -0.15) is 5.10 Å². The lowest BCUT2D eigenvalue weighted by Crippen LogP contribution is -2.16. The fourth-order valence-electron chi connectivity index (χ4n) is 3.26. The smallest absolute Gasteiger partial charge is 0.307 e. The highest BCUT2D eigenvalue weighted by Gasteiger charge is 2.15. The lowest BCUT2D eigenvalue weighted by atomic mass is 10.2. The molecule has 3 aromatic carbocycles. The molecule has 36 heavy (non-hydrogen) atoms. The van der Waals surface area contributed by atoms with Crippen molar-refractivity contribution in [1.82, 2.24) is 5.43 Å². The van der Waals surface area contributed by atoms with Crippen LogP contribution in [0, 0.1) is 0 Å². The average Bonchev–Trinajstić information content (AvgIpc) is 3.24. The molecule has 0 bridgehead atoms. The van der Waals surface area contributed by atoms with Crippen LogP contribution in [0.1, 0.15) is 28.6 Å². The molecule has 0 saturated heterocycles. The van der Waals surface area contributed by atoms with E-state index in [2.05, 4.69) is 58.3 Å². The number of furan rings is 1. The number of hydrogen-bond donors (Lipinski definition) is 1. The fourth-order valence-corrected chi connectivity index (χ4v) is 5.64. The Hall–Kier alpha value is -2.04. The molecule has 1 aromatic heterocycles. The van der Waals surface area contributed by atoms with Crippen molar-refractivity contribution >= 4 is 94.1 Å². The van der Waals surface area contributed by atoms with Crippen LogP contribution >= 0.6 is 71.0 Å². The Morgan fingerprint density at radius 2 is 1.86 bits per heavy atom. The molecule has 0 fully saturated rings. The second-order valence-corrected chi connectivity index (χ2v) is 10.9. The van der Waals surface area contributed by atoms with E-state index in [1.54, 1.807) is 30.3 Å². The predicted octanol–water partition coefficient (Wildman–Crippen LogP) is 8.77. The van der Waals surface area contributed by atoms with Crippen LogP contribution in [0.3, 0.4) is 0 Å². The third-order valence-corrected chi connectivity index (χ3v) is 7.08. The Labute approximate surface area is 242 Å². The first-order valence-corrected chi connectivity index (χ1v) is 13.6. The Morgan fingerprint density at radius 1 is 1.06 bits per heavy atom. The normalized spacial score (nSPS) is 11.3.